The van der Waals surface area contributed by atoms with Crippen LogP contribution in [0.1, 0.15) is 23.0 Å². The Balaban J connectivity index is 1.15. The number of benzene rings is 5. The standard InChI is InChI=1S/C42H24ClN3OS/c43-41-37(45-42-38(44-41)30-14-6-8-16-33(30)48-42)24-17-20-25(21-18-24)46-31-15-7-5-13-29(31)34-27-11-3-4-12-28(27)36-35-26-10-2-1-9-23(26)19-22-32(35)47-40(36)39(34)46/h1-22,27-28H. The number of furan rings is 1. The third-order valence-corrected chi connectivity index (χ3v) is 11.4. The summed E-state index contributed by atoms with van der Waals surface area (Å²) >= 11 is 8.45. The monoisotopic (exact) mass is 653 g/mol. The summed E-state index contributed by atoms with van der Waals surface area (Å²) in [6.45, 7) is 0. The third kappa shape index (κ3) is 3.55. The highest BCUT2D eigenvalue weighted by atomic mass is 35.5. The number of hydrogen-bond donors (Lipinski definition) is 0. The average Bonchev–Trinajstić information content (AvgIpc) is 3.81. The molecular formula is C42H24ClN3OS. The van der Waals surface area contributed by atoms with Crippen LogP contribution in [0.15, 0.2) is 138 Å². The van der Waals surface area contributed by atoms with Crippen molar-refractivity contribution in [3.05, 3.63) is 150 Å². The number of nitrogens with zero attached hydrogens (tertiary/aromatic N) is 3. The lowest BCUT2D eigenvalue weighted by molar-refractivity contribution is 0.601. The van der Waals surface area contributed by atoms with Gasteiger partial charge >= 0.3 is 0 Å². The van der Waals surface area contributed by atoms with E-state index in [-0.39, 0.29) is 11.8 Å². The summed E-state index contributed by atoms with van der Waals surface area (Å²) in [4.78, 5) is 10.7. The minimum Gasteiger partial charge on any atom is -0.454 e. The molecule has 2 unspecified atom stereocenters. The largest absolute Gasteiger partial charge is 0.454 e. The van der Waals surface area contributed by atoms with Gasteiger partial charge in [0.15, 0.2) is 10.9 Å². The van der Waals surface area contributed by atoms with E-state index in [1.54, 1.807) is 11.3 Å². The Kier molecular flexibility index (Phi) is 5.41. The van der Waals surface area contributed by atoms with E-state index in [0.29, 0.717) is 10.8 Å². The molecule has 2 aliphatic rings. The van der Waals surface area contributed by atoms with Crippen LogP contribution in [-0.2, 0) is 0 Å². The van der Waals surface area contributed by atoms with Gasteiger partial charge in [-0.25, -0.2) is 9.97 Å². The molecule has 4 aromatic heterocycles. The van der Waals surface area contributed by atoms with Gasteiger partial charge in [0.05, 0.1) is 11.2 Å². The highest BCUT2D eigenvalue weighted by molar-refractivity contribution is 7.25. The summed E-state index contributed by atoms with van der Waals surface area (Å²) in [6, 6.07) is 38.4. The van der Waals surface area contributed by atoms with Crippen LogP contribution in [0.2, 0.25) is 5.15 Å². The second kappa shape index (κ2) is 9.77. The Morgan fingerprint density at radius 3 is 2.27 bits per heavy atom. The summed E-state index contributed by atoms with van der Waals surface area (Å²) in [5.74, 6) is 1.31. The first-order valence-corrected chi connectivity index (χ1v) is 17.3. The molecule has 226 valence electrons. The van der Waals surface area contributed by atoms with Gasteiger partial charge in [-0.3, -0.25) is 0 Å². The van der Waals surface area contributed by atoms with Crippen LogP contribution < -0.4 is 0 Å². The van der Waals surface area contributed by atoms with Gasteiger partial charge < -0.3 is 8.98 Å². The molecule has 4 heterocycles. The summed E-state index contributed by atoms with van der Waals surface area (Å²) in [6.07, 6.45) is 9.08. The quantitative estimate of drug-likeness (QED) is 0.186. The second-order valence-corrected chi connectivity index (χ2v) is 14.0. The number of aromatic nitrogens is 3. The molecule has 0 N–H and O–H groups in total. The smallest absolute Gasteiger partial charge is 0.156 e. The molecule has 0 fully saturated rings. The van der Waals surface area contributed by atoms with Gasteiger partial charge in [0, 0.05) is 49.5 Å². The van der Waals surface area contributed by atoms with Gasteiger partial charge in [-0.1, -0.05) is 115 Å². The van der Waals surface area contributed by atoms with Gasteiger partial charge in [-0.15, -0.1) is 11.3 Å². The van der Waals surface area contributed by atoms with Crippen molar-refractivity contribution in [3.8, 4) is 28.4 Å². The van der Waals surface area contributed by atoms with Crippen molar-refractivity contribution in [2.24, 2.45) is 0 Å². The van der Waals surface area contributed by atoms with Crippen LogP contribution in [0.4, 0.5) is 0 Å². The molecule has 48 heavy (non-hydrogen) atoms. The molecule has 5 aromatic carbocycles. The minimum absolute atomic E-state index is 0.177. The summed E-state index contributed by atoms with van der Waals surface area (Å²) in [5, 5.41) is 6.39. The highest BCUT2D eigenvalue weighted by Gasteiger charge is 2.40. The van der Waals surface area contributed by atoms with Crippen LogP contribution in [0.25, 0.3) is 81.5 Å². The highest BCUT2D eigenvalue weighted by Crippen LogP contribution is 2.57. The average molecular weight is 654 g/mol. The van der Waals surface area contributed by atoms with Crippen molar-refractivity contribution in [2.75, 3.05) is 0 Å². The maximum absolute atomic E-state index is 6.93. The van der Waals surface area contributed by atoms with E-state index in [4.69, 9.17) is 26.0 Å². The van der Waals surface area contributed by atoms with Crippen LogP contribution in [0, 0.1) is 0 Å². The van der Waals surface area contributed by atoms with Crippen LogP contribution in [-0.4, -0.2) is 14.5 Å². The zero-order valence-corrected chi connectivity index (χ0v) is 27.0. The normalized spacial score (nSPS) is 16.7. The molecule has 4 nitrogen and oxygen atoms in total. The van der Waals surface area contributed by atoms with Crippen molar-refractivity contribution < 1.29 is 4.42 Å². The Morgan fingerprint density at radius 1 is 0.688 bits per heavy atom. The van der Waals surface area contributed by atoms with Gasteiger partial charge in [0.2, 0.25) is 0 Å². The lowest BCUT2D eigenvalue weighted by Gasteiger charge is -2.30. The van der Waals surface area contributed by atoms with Gasteiger partial charge in [-0.05, 0) is 46.7 Å². The maximum atomic E-state index is 6.93. The van der Waals surface area contributed by atoms with E-state index in [0.717, 1.165) is 54.2 Å². The van der Waals surface area contributed by atoms with E-state index in [9.17, 15) is 0 Å². The fourth-order valence-electron chi connectivity index (χ4n) is 8.09. The molecule has 2 aliphatic carbocycles. The predicted molar refractivity (Wildman–Crippen MR) is 199 cm³/mol. The summed E-state index contributed by atoms with van der Waals surface area (Å²) in [5.41, 5.74) is 9.28. The van der Waals surface area contributed by atoms with Crippen LogP contribution >= 0.6 is 22.9 Å². The molecule has 0 spiro atoms. The number of halogens is 1. The maximum Gasteiger partial charge on any atom is 0.156 e. The second-order valence-electron chi connectivity index (χ2n) is 12.6. The van der Waals surface area contributed by atoms with E-state index < -0.39 is 0 Å². The van der Waals surface area contributed by atoms with Crippen LogP contribution in [0.5, 0.6) is 0 Å². The van der Waals surface area contributed by atoms with Crippen molar-refractivity contribution in [1.29, 1.82) is 0 Å². The molecule has 6 heteroatoms. The predicted octanol–water partition coefficient (Wildman–Crippen LogP) is 12.0. The number of hydrogen-bond acceptors (Lipinski definition) is 4. The molecule has 0 amide bonds. The lowest BCUT2D eigenvalue weighted by Crippen LogP contribution is -2.16. The fourth-order valence-corrected chi connectivity index (χ4v) is 9.35. The van der Waals surface area contributed by atoms with Crippen molar-refractivity contribution in [3.63, 3.8) is 0 Å². The van der Waals surface area contributed by atoms with E-state index >= 15 is 0 Å². The molecule has 0 bridgehead atoms. The van der Waals surface area contributed by atoms with Crippen molar-refractivity contribution >= 4 is 76.0 Å². The van der Waals surface area contributed by atoms with Crippen molar-refractivity contribution in [1.82, 2.24) is 14.5 Å². The zero-order valence-electron chi connectivity index (χ0n) is 25.4. The summed E-state index contributed by atoms with van der Waals surface area (Å²) in [7, 11) is 0. The first-order valence-electron chi connectivity index (χ1n) is 16.1. The summed E-state index contributed by atoms with van der Waals surface area (Å²) < 4.78 is 10.5. The zero-order chi connectivity index (χ0) is 31.5. The van der Waals surface area contributed by atoms with Gasteiger partial charge in [0.25, 0.3) is 0 Å². The van der Waals surface area contributed by atoms with E-state index in [2.05, 4.69) is 126 Å². The molecular weight excluding hydrogens is 630 g/mol. The molecule has 0 aliphatic heterocycles. The molecule has 2 atom stereocenters. The number of allylic oxidation sites excluding steroid dienone is 4. The number of fused-ring (bicyclic) bond motifs is 15. The Labute approximate surface area is 283 Å². The molecule has 11 rings (SSSR count). The third-order valence-electron chi connectivity index (χ3n) is 10.1. The molecule has 0 radical (unpaired) electrons. The van der Waals surface area contributed by atoms with E-state index in [1.165, 1.54) is 32.7 Å². The Bertz CT molecular complexity index is 2870. The first-order chi connectivity index (χ1) is 23.7. The topological polar surface area (TPSA) is 43.9 Å². The molecule has 0 saturated heterocycles. The Morgan fingerprint density at radius 2 is 1.42 bits per heavy atom. The Hall–Kier alpha value is -5.49. The lowest BCUT2D eigenvalue weighted by atomic mass is 9.72. The van der Waals surface area contributed by atoms with Crippen LogP contribution in [0.3, 0.4) is 0 Å². The van der Waals surface area contributed by atoms with Gasteiger partial charge in [0.1, 0.15) is 21.6 Å². The number of para-hydroxylation sites is 1. The number of thiophene rings is 1. The fraction of sp³-hybridized carbons (Fsp3) is 0.0476. The SMILES string of the molecule is Clc1nc2c(nc1-c1ccc(-n3c4c(c5ccccc53)C3C=CC=CC3c3c-4oc4ccc5ccccc5c34)cc1)sc1ccccc12. The number of rotatable bonds is 2. The molecule has 9 aromatic rings. The van der Waals surface area contributed by atoms with Gasteiger partial charge in [-0.2, -0.15) is 0 Å². The first kappa shape index (κ1) is 26.6. The minimum atomic E-state index is 0.177. The molecule has 0 saturated carbocycles. The van der Waals surface area contributed by atoms with E-state index in [1.807, 2.05) is 12.1 Å². The van der Waals surface area contributed by atoms with Crippen molar-refractivity contribution in [2.45, 2.75) is 11.8 Å².